The second-order valence-corrected chi connectivity index (χ2v) is 4.86. The number of halogens is 4. The summed E-state index contributed by atoms with van der Waals surface area (Å²) in [5.74, 6) is -4.12. The number of benzene rings is 2. The summed E-state index contributed by atoms with van der Waals surface area (Å²) in [5.41, 5.74) is 6.00. The Morgan fingerprint density at radius 3 is 1.96 bits per heavy atom. The SMILES string of the molecule is Nc1cc(-c2cccc(F)c2F)cnc1-c1cccc(F)c1F. The fourth-order valence-corrected chi connectivity index (χ4v) is 2.27. The molecule has 0 bridgehead atoms. The van der Waals surface area contributed by atoms with Crippen LogP contribution in [0.15, 0.2) is 48.7 Å². The van der Waals surface area contributed by atoms with E-state index in [9.17, 15) is 17.6 Å². The largest absolute Gasteiger partial charge is 0.397 e. The maximum atomic E-state index is 13.8. The van der Waals surface area contributed by atoms with Crippen molar-refractivity contribution >= 4 is 5.69 Å². The number of nitrogens with two attached hydrogens (primary N) is 1. The van der Waals surface area contributed by atoms with Crippen LogP contribution in [-0.4, -0.2) is 4.98 Å². The first kappa shape index (κ1) is 15.0. The molecule has 0 saturated carbocycles. The van der Waals surface area contributed by atoms with Crippen molar-refractivity contribution in [3.8, 4) is 22.4 Å². The van der Waals surface area contributed by atoms with Gasteiger partial charge in [0, 0.05) is 22.9 Å². The monoisotopic (exact) mass is 318 g/mol. The third kappa shape index (κ3) is 2.63. The molecule has 3 rings (SSSR count). The lowest BCUT2D eigenvalue weighted by molar-refractivity contribution is 0.511. The smallest absolute Gasteiger partial charge is 0.168 e. The summed E-state index contributed by atoms with van der Waals surface area (Å²) in [6, 6.07) is 8.69. The molecule has 2 nitrogen and oxygen atoms in total. The molecule has 0 unspecified atom stereocenters. The van der Waals surface area contributed by atoms with Gasteiger partial charge in [-0.25, -0.2) is 17.6 Å². The number of nitrogens with zero attached hydrogens (tertiary/aromatic N) is 1. The Morgan fingerprint density at radius 2 is 1.35 bits per heavy atom. The summed E-state index contributed by atoms with van der Waals surface area (Å²) in [6.07, 6.45) is 1.23. The first-order valence-corrected chi connectivity index (χ1v) is 6.63. The van der Waals surface area contributed by atoms with Crippen LogP contribution in [0.2, 0.25) is 0 Å². The lowest BCUT2D eigenvalue weighted by atomic mass is 10.0. The van der Waals surface area contributed by atoms with E-state index in [2.05, 4.69) is 4.98 Å². The Balaban J connectivity index is 2.12. The van der Waals surface area contributed by atoms with Crippen LogP contribution < -0.4 is 5.73 Å². The van der Waals surface area contributed by atoms with Crippen molar-refractivity contribution in [2.24, 2.45) is 0 Å². The van der Waals surface area contributed by atoms with Crippen LogP contribution in [-0.2, 0) is 0 Å². The lowest BCUT2D eigenvalue weighted by Gasteiger charge is -2.10. The molecular weight excluding hydrogens is 308 g/mol. The second-order valence-electron chi connectivity index (χ2n) is 4.86. The number of rotatable bonds is 2. The molecule has 0 fully saturated rings. The summed E-state index contributed by atoms with van der Waals surface area (Å²) >= 11 is 0. The van der Waals surface area contributed by atoms with Crippen LogP contribution in [0, 0.1) is 23.3 Å². The van der Waals surface area contributed by atoms with Crippen LogP contribution in [0.3, 0.4) is 0 Å². The van der Waals surface area contributed by atoms with Crippen molar-refractivity contribution in [3.63, 3.8) is 0 Å². The first-order chi connectivity index (χ1) is 11.0. The minimum absolute atomic E-state index is 0.0181. The topological polar surface area (TPSA) is 38.9 Å². The molecule has 0 aliphatic rings. The van der Waals surface area contributed by atoms with Crippen molar-refractivity contribution in [1.82, 2.24) is 4.98 Å². The van der Waals surface area contributed by atoms with E-state index in [1.165, 1.54) is 36.5 Å². The summed E-state index contributed by atoms with van der Waals surface area (Å²) in [7, 11) is 0. The zero-order valence-corrected chi connectivity index (χ0v) is 11.7. The van der Waals surface area contributed by atoms with Gasteiger partial charge < -0.3 is 5.73 Å². The average Bonchev–Trinajstić information content (AvgIpc) is 2.53. The van der Waals surface area contributed by atoms with E-state index < -0.39 is 23.3 Å². The van der Waals surface area contributed by atoms with Crippen molar-refractivity contribution < 1.29 is 17.6 Å². The standard InChI is InChI=1S/C17H10F4N2/c18-12-5-1-3-10(15(12)20)9-7-14(22)17(23-8-9)11-4-2-6-13(19)16(11)21/h1-8H,22H2. The minimum Gasteiger partial charge on any atom is -0.397 e. The van der Waals surface area contributed by atoms with E-state index in [1.807, 2.05) is 0 Å². The van der Waals surface area contributed by atoms with Gasteiger partial charge in [0.15, 0.2) is 23.3 Å². The Kier molecular flexibility index (Phi) is 3.73. The molecule has 2 aromatic carbocycles. The number of nitrogen functional groups attached to an aromatic ring is 1. The normalized spacial score (nSPS) is 10.8. The molecule has 3 aromatic rings. The van der Waals surface area contributed by atoms with Crippen molar-refractivity contribution in [1.29, 1.82) is 0 Å². The van der Waals surface area contributed by atoms with Crippen LogP contribution >= 0.6 is 0 Å². The molecule has 0 atom stereocenters. The number of pyridine rings is 1. The van der Waals surface area contributed by atoms with Crippen molar-refractivity contribution in [2.45, 2.75) is 0 Å². The molecule has 0 radical (unpaired) electrons. The van der Waals surface area contributed by atoms with E-state index in [0.29, 0.717) is 0 Å². The van der Waals surface area contributed by atoms with E-state index in [-0.39, 0.29) is 28.1 Å². The van der Waals surface area contributed by atoms with Gasteiger partial charge in [0.05, 0.1) is 11.4 Å². The third-order valence-electron chi connectivity index (χ3n) is 3.39. The molecule has 0 saturated heterocycles. The van der Waals surface area contributed by atoms with Crippen molar-refractivity contribution in [3.05, 3.63) is 71.9 Å². The van der Waals surface area contributed by atoms with Crippen molar-refractivity contribution in [2.75, 3.05) is 5.73 Å². The lowest BCUT2D eigenvalue weighted by Crippen LogP contribution is -1.99. The molecule has 0 amide bonds. The van der Waals surface area contributed by atoms with Gasteiger partial charge >= 0.3 is 0 Å². The van der Waals surface area contributed by atoms with E-state index in [0.717, 1.165) is 12.1 Å². The van der Waals surface area contributed by atoms with Gasteiger partial charge in [-0.1, -0.05) is 18.2 Å². The Bertz CT molecular complexity index is 894. The van der Waals surface area contributed by atoms with Gasteiger partial charge in [-0.3, -0.25) is 4.98 Å². The number of hydrogen-bond donors (Lipinski definition) is 1. The van der Waals surface area contributed by atoms with Crippen LogP contribution in [0.5, 0.6) is 0 Å². The highest BCUT2D eigenvalue weighted by Crippen LogP contribution is 2.31. The molecule has 1 heterocycles. The molecule has 0 aliphatic heterocycles. The van der Waals surface area contributed by atoms with E-state index in [4.69, 9.17) is 5.73 Å². The summed E-state index contributed by atoms with van der Waals surface area (Å²) in [5, 5.41) is 0. The Hall–Kier alpha value is -2.89. The third-order valence-corrected chi connectivity index (χ3v) is 3.39. The molecule has 2 N–H and O–H groups in total. The average molecular weight is 318 g/mol. The maximum Gasteiger partial charge on any atom is 0.168 e. The molecule has 0 spiro atoms. The van der Waals surface area contributed by atoms with Gasteiger partial charge in [0.2, 0.25) is 0 Å². The van der Waals surface area contributed by atoms with Gasteiger partial charge in [-0.15, -0.1) is 0 Å². The predicted octanol–water partition coefficient (Wildman–Crippen LogP) is 4.55. The Morgan fingerprint density at radius 1 is 0.783 bits per heavy atom. The highest BCUT2D eigenvalue weighted by molar-refractivity contribution is 5.78. The second kappa shape index (κ2) is 5.72. The van der Waals surface area contributed by atoms with Crippen LogP contribution in [0.1, 0.15) is 0 Å². The molecular formula is C17H10F4N2. The zero-order valence-electron chi connectivity index (χ0n) is 11.7. The fraction of sp³-hybridized carbons (Fsp3) is 0. The van der Waals surface area contributed by atoms with Gasteiger partial charge in [0.25, 0.3) is 0 Å². The molecule has 1 aromatic heterocycles. The summed E-state index contributed by atoms with van der Waals surface area (Å²) in [4.78, 5) is 3.98. The number of hydrogen-bond acceptors (Lipinski definition) is 2. The van der Waals surface area contributed by atoms with Gasteiger partial charge in [-0.05, 0) is 24.3 Å². The van der Waals surface area contributed by atoms with Gasteiger partial charge in [-0.2, -0.15) is 0 Å². The van der Waals surface area contributed by atoms with E-state index in [1.54, 1.807) is 0 Å². The first-order valence-electron chi connectivity index (χ1n) is 6.63. The molecule has 6 heteroatoms. The highest BCUT2D eigenvalue weighted by atomic mass is 19.2. The fourth-order valence-electron chi connectivity index (χ4n) is 2.27. The molecule has 23 heavy (non-hydrogen) atoms. The number of aromatic nitrogens is 1. The minimum atomic E-state index is -1.07. The van der Waals surface area contributed by atoms with Crippen LogP contribution in [0.4, 0.5) is 23.2 Å². The van der Waals surface area contributed by atoms with Gasteiger partial charge in [0.1, 0.15) is 0 Å². The highest BCUT2D eigenvalue weighted by Gasteiger charge is 2.16. The quantitative estimate of drug-likeness (QED) is 0.704. The maximum absolute atomic E-state index is 13.8. The molecule has 0 aliphatic carbocycles. The zero-order chi connectivity index (χ0) is 16.6. The predicted molar refractivity (Wildman–Crippen MR) is 79.4 cm³/mol. The summed E-state index contributed by atoms with van der Waals surface area (Å²) < 4.78 is 54.2. The Labute approximate surface area is 129 Å². The van der Waals surface area contributed by atoms with Crippen LogP contribution in [0.25, 0.3) is 22.4 Å². The summed E-state index contributed by atoms with van der Waals surface area (Å²) in [6.45, 7) is 0. The number of anilines is 1. The van der Waals surface area contributed by atoms with E-state index >= 15 is 0 Å². The molecule has 116 valence electrons.